The van der Waals surface area contributed by atoms with Crippen molar-refractivity contribution >= 4 is 0 Å². The molecule has 0 amide bonds. The van der Waals surface area contributed by atoms with E-state index in [1.54, 1.807) is 13.4 Å². The van der Waals surface area contributed by atoms with Crippen molar-refractivity contribution in [2.24, 2.45) is 0 Å². The highest BCUT2D eigenvalue weighted by molar-refractivity contribution is 5.16. The van der Waals surface area contributed by atoms with E-state index in [0.29, 0.717) is 32.8 Å². The van der Waals surface area contributed by atoms with Gasteiger partial charge in [-0.25, -0.2) is 0 Å². The van der Waals surface area contributed by atoms with Crippen molar-refractivity contribution in [3.8, 4) is 0 Å². The maximum atomic E-state index is 9.76. The standard InChI is InChI=1S/C21H26O5.C20H22O4.2CH4/c1-23-20-12-18(24-14-16-8-4-2-5-9-16)21(19(13-22)26-20)25-15-17-10-6-3-7-11-17;21-13-19-20(24-15-17-9-5-2-6-10-17)18(11-12-22-19)23-14-16-7-3-1-4-8-16;;/h2-11,18-22H,12-15H2,1H3;1-12,18-21H,13-15H2;2*1H4. The monoisotopic (exact) mass is 716 g/mol. The molecular weight excluding hydrogens is 660 g/mol. The van der Waals surface area contributed by atoms with Crippen molar-refractivity contribution in [2.45, 2.75) is 90.6 Å². The fourth-order valence-electron chi connectivity index (χ4n) is 5.77. The van der Waals surface area contributed by atoms with E-state index in [1.807, 2.05) is 127 Å². The summed E-state index contributed by atoms with van der Waals surface area (Å²) in [6.07, 6.45) is 1.43. The molecule has 9 nitrogen and oxygen atoms in total. The van der Waals surface area contributed by atoms with E-state index in [1.165, 1.54) is 0 Å². The molecule has 6 rings (SSSR count). The molecule has 52 heavy (non-hydrogen) atoms. The van der Waals surface area contributed by atoms with Gasteiger partial charge in [0, 0.05) is 13.5 Å². The molecule has 0 bridgehead atoms. The van der Waals surface area contributed by atoms with Crippen LogP contribution in [0.25, 0.3) is 0 Å². The first-order valence-corrected chi connectivity index (χ1v) is 17.0. The predicted octanol–water partition coefficient (Wildman–Crippen LogP) is 7.25. The van der Waals surface area contributed by atoms with Gasteiger partial charge in [0.25, 0.3) is 0 Å². The summed E-state index contributed by atoms with van der Waals surface area (Å²) in [5.41, 5.74) is 4.33. The molecule has 9 heteroatoms. The molecular formula is C43H56O9. The SMILES string of the molecule is C.C.COC1CC(OCc2ccccc2)C(OCc2ccccc2)C(CO)O1.OCC1OC=CC(OCc2ccccc2)C1OCc1ccccc1. The van der Waals surface area contributed by atoms with Crippen LogP contribution in [-0.2, 0) is 59.6 Å². The van der Waals surface area contributed by atoms with Crippen LogP contribution < -0.4 is 0 Å². The quantitative estimate of drug-likeness (QED) is 0.132. The number of ether oxygens (including phenoxy) is 7. The summed E-state index contributed by atoms with van der Waals surface area (Å²) in [5.74, 6) is 0. The topological polar surface area (TPSA) is 105 Å². The normalized spacial score (nSPS) is 23.6. The largest absolute Gasteiger partial charge is 0.493 e. The summed E-state index contributed by atoms with van der Waals surface area (Å²) in [6, 6.07) is 39.9. The fourth-order valence-corrected chi connectivity index (χ4v) is 5.77. The Bertz CT molecular complexity index is 1490. The second-order valence-electron chi connectivity index (χ2n) is 12.1. The molecule has 2 heterocycles. The molecule has 0 saturated carbocycles. The Hall–Kier alpha value is -3.90. The van der Waals surface area contributed by atoms with Gasteiger partial charge in [-0.2, -0.15) is 0 Å². The van der Waals surface area contributed by atoms with Gasteiger partial charge >= 0.3 is 0 Å². The number of aliphatic hydroxyl groups excluding tert-OH is 2. The average molecular weight is 717 g/mol. The van der Waals surface area contributed by atoms with Gasteiger partial charge in [0.1, 0.15) is 30.5 Å². The lowest BCUT2D eigenvalue weighted by Crippen LogP contribution is -2.52. The molecule has 0 spiro atoms. The van der Waals surface area contributed by atoms with E-state index < -0.39 is 18.5 Å². The highest BCUT2D eigenvalue weighted by Crippen LogP contribution is 2.27. The minimum absolute atomic E-state index is 0. The van der Waals surface area contributed by atoms with Crippen molar-refractivity contribution in [3.63, 3.8) is 0 Å². The van der Waals surface area contributed by atoms with E-state index in [9.17, 15) is 10.2 Å². The molecule has 2 N–H and O–H groups in total. The molecule has 0 aromatic heterocycles. The zero-order valence-electron chi connectivity index (χ0n) is 28.4. The van der Waals surface area contributed by atoms with Gasteiger partial charge in [0.05, 0.1) is 52.0 Å². The van der Waals surface area contributed by atoms with Gasteiger partial charge in [0.2, 0.25) is 0 Å². The molecule has 4 aromatic carbocycles. The summed E-state index contributed by atoms with van der Waals surface area (Å²) < 4.78 is 40.9. The molecule has 1 fully saturated rings. The van der Waals surface area contributed by atoms with Crippen LogP contribution in [0.3, 0.4) is 0 Å². The smallest absolute Gasteiger partial charge is 0.160 e. The molecule has 7 atom stereocenters. The molecule has 7 unspecified atom stereocenters. The Labute approximate surface area is 309 Å². The Balaban J connectivity index is 0.000000271. The summed E-state index contributed by atoms with van der Waals surface area (Å²) in [7, 11) is 1.60. The third-order valence-electron chi connectivity index (χ3n) is 8.48. The summed E-state index contributed by atoms with van der Waals surface area (Å²) >= 11 is 0. The molecule has 1 saturated heterocycles. The molecule has 4 aromatic rings. The number of benzene rings is 4. The summed E-state index contributed by atoms with van der Waals surface area (Å²) in [6.45, 7) is 1.59. The molecule has 2 aliphatic heterocycles. The van der Waals surface area contributed by atoms with Crippen LogP contribution in [0.4, 0.5) is 0 Å². The first kappa shape index (κ1) is 42.5. The minimum atomic E-state index is -0.488. The van der Waals surface area contributed by atoms with E-state index in [2.05, 4.69) is 0 Å². The highest BCUT2D eigenvalue weighted by Gasteiger charge is 2.40. The maximum absolute atomic E-state index is 9.76. The van der Waals surface area contributed by atoms with Crippen LogP contribution in [0, 0.1) is 0 Å². The summed E-state index contributed by atoms with van der Waals surface area (Å²) in [4.78, 5) is 0. The number of methoxy groups -OCH3 is 1. The number of rotatable bonds is 15. The number of hydrogen-bond acceptors (Lipinski definition) is 9. The maximum Gasteiger partial charge on any atom is 0.160 e. The minimum Gasteiger partial charge on any atom is -0.493 e. The number of aliphatic hydroxyl groups is 2. The average Bonchev–Trinajstić information content (AvgIpc) is 3.19. The fraction of sp³-hybridized carbons (Fsp3) is 0.395. The Morgan fingerprint density at radius 2 is 0.981 bits per heavy atom. The van der Waals surface area contributed by atoms with Crippen LogP contribution in [0.2, 0.25) is 0 Å². The third kappa shape index (κ3) is 13.3. The zero-order chi connectivity index (χ0) is 34.8. The van der Waals surface area contributed by atoms with E-state index >= 15 is 0 Å². The lowest BCUT2D eigenvalue weighted by atomic mass is 10.0. The van der Waals surface area contributed by atoms with E-state index in [0.717, 1.165) is 22.3 Å². The van der Waals surface area contributed by atoms with Gasteiger partial charge < -0.3 is 43.4 Å². The van der Waals surface area contributed by atoms with Crippen molar-refractivity contribution < 1.29 is 43.4 Å². The Kier molecular flexibility index (Phi) is 19.3. The van der Waals surface area contributed by atoms with Crippen LogP contribution in [0.1, 0.15) is 43.5 Å². The van der Waals surface area contributed by atoms with Crippen molar-refractivity contribution in [1.82, 2.24) is 0 Å². The predicted molar refractivity (Wildman–Crippen MR) is 202 cm³/mol. The molecule has 0 aliphatic carbocycles. The van der Waals surface area contributed by atoms with Crippen LogP contribution in [0.5, 0.6) is 0 Å². The second kappa shape index (κ2) is 23.6. The lowest BCUT2D eigenvalue weighted by molar-refractivity contribution is -0.269. The zero-order valence-corrected chi connectivity index (χ0v) is 28.4. The van der Waals surface area contributed by atoms with Gasteiger partial charge in [0.15, 0.2) is 6.29 Å². The van der Waals surface area contributed by atoms with Crippen LogP contribution >= 0.6 is 0 Å². The first-order chi connectivity index (χ1) is 24.7. The van der Waals surface area contributed by atoms with Crippen LogP contribution in [0.15, 0.2) is 134 Å². The molecule has 2 aliphatic rings. The van der Waals surface area contributed by atoms with E-state index in [4.69, 9.17) is 33.2 Å². The van der Waals surface area contributed by atoms with E-state index in [-0.39, 0.29) is 52.5 Å². The van der Waals surface area contributed by atoms with Crippen molar-refractivity contribution in [1.29, 1.82) is 0 Å². The Morgan fingerprint density at radius 1 is 0.558 bits per heavy atom. The van der Waals surface area contributed by atoms with Crippen LogP contribution in [-0.4, -0.2) is 73.5 Å². The second-order valence-corrected chi connectivity index (χ2v) is 12.1. The Morgan fingerprint density at radius 3 is 1.42 bits per heavy atom. The lowest BCUT2D eigenvalue weighted by Gasteiger charge is -2.40. The molecule has 0 radical (unpaired) electrons. The third-order valence-corrected chi connectivity index (χ3v) is 8.48. The summed E-state index contributed by atoms with van der Waals surface area (Å²) in [5, 5.41) is 19.3. The van der Waals surface area contributed by atoms with Crippen molar-refractivity contribution in [3.05, 3.63) is 156 Å². The number of hydrogen-bond donors (Lipinski definition) is 2. The van der Waals surface area contributed by atoms with Gasteiger partial charge in [-0.1, -0.05) is 136 Å². The first-order valence-electron chi connectivity index (χ1n) is 17.0. The molecule has 282 valence electrons. The highest BCUT2D eigenvalue weighted by atomic mass is 16.7. The van der Waals surface area contributed by atoms with Gasteiger partial charge in [-0.3, -0.25) is 0 Å². The van der Waals surface area contributed by atoms with Crippen molar-refractivity contribution in [2.75, 3.05) is 20.3 Å². The van der Waals surface area contributed by atoms with Gasteiger partial charge in [-0.15, -0.1) is 0 Å². The van der Waals surface area contributed by atoms with Gasteiger partial charge in [-0.05, 0) is 28.3 Å².